The number of hydrogen-bond acceptors (Lipinski definition) is 10. The molecule has 3 aromatic rings. The van der Waals surface area contributed by atoms with Crippen LogP contribution in [0.3, 0.4) is 0 Å². The van der Waals surface area contributed by atoms with Crippen LogP contribution in [0.25, 0.3) is 5.00 Å². The van der Waals surface area contributed by atoms with Gasteiger partial charge in [-0.3, -0.25) is 14.4 Å². The van der Waals surface area contributed by atoms with Gasteiger partial charge in [0.2, 0.25) is 5.91 Å². The molecule has 3 heterocycles. The number of carbonyl (C=O) groups is 1. The van der Waals surface area contributed by atoms with E-state index in [9.17, 15) is 4.79 Å². The van der Waals surface area contributed by atoms with Crippen LogP contribution in [0.4, 0.5) is 0 Å². The maximum atomic E-state index is 13.0. The molecule has 1 amide bonds. The minimum atomic E-state index is -0.514. The summed E-state index contributed by atoms with van der Waals surface area (Å²) in [7, 11) is 0. The zero-order valence-corrected chi connectivity index (χ0v) is 27.5. The molecule has 0 aliphatic carbocycles. The molecule has 1 aliphatic rings. The summed E-state index contributed by atoms with van der Waals surface area (Å²) >= 11 is 7.87. The predicted molar refractivity (Wildman–Crippen MR) is 171 cm³/mol. The number of amides is 1. The van der Waals surface area contributed by atoms with Gasteiger partial charge in [0.15, 0.2) is 5.82 Å². The molecule has 13 heteroatoms. The Morgan fingerprint density at radius 2 is 1.48 bits per heavy atom. The number of hydrogen-bond donors (Lipinski definition) is 1. The van der Waals surface area contributed by atoms with Crippen LogP contribution in [0, 0.1) is 20.8 Å². The number of benzene rings is 1. The molecule has 0 unspecified atom stereocenters. The van der Waals surface area contributed by atoms with Crippen LogP contribution in [0.2, 0.25) is 5.02 Å². The molecule has 2 aromatic heterocycles. The normalized spacial score (nSPS) is 14.2. The minimum absolute atomic E-state index is 0.128. The van der Waals surface area contributed by atoms with Gasteiger partial charge in [0.1, 0.15) is 16.9 Å². The van der Waals surface area contributed by atoms with Gasteiger partial charge < -0.3 is 29.0 Å². The summed E-state index contributed by atoms with van der Waals surface area (Å²) in [4.78, 5) is 19.4. The monoisotopic (exact) mass is 647 g/mol. The Bertz CT molecular complexity index is 1380. The van der Waals surface area contributed by atoms with E-state index >= 15 is 0 Å². The number of rotatable bonds is 19. The van der Waals surface area contributed by atoms with E-state index in [1.807, 2.05) is 42.7 Å². The fraction of sp³-hybridized carbons (Fsp3) is 0.548. The molecule has 4 rings (SSSR count). The van der Waals surface area contributed by atoms with Crippen molar-refractivity contribution in [3.8, 4) is 5.00 Å². The molecule has 1 atom stereocenters. The number of carbonyl (C=O) groups excluding carboxylic acids is 1. The average molecular weight is 648 g/mol. The summed E-state index contributed by atoms with van der Waals surface area (Å²) in [5.74, 6) is 1.26. The summed E-state index contributed by atoms with van der Waals surface area (Å²) in [6.07, 6.45) is 0.128. The second kappa shape index (κ2) is 17.7. The Labute approximate surface area is 267 Å². The number of nitrogens with one attached hydrogen (secondary N) is 1. The van der Waals surface area contributed by atoms with Crippen LogP contribution in [0.5, 0.6) is 0 Å². The quantitative estimate of drug-likeness (QED) is 0.190. The Morgan fingerprint density at radius 1 is 0.886 bits per heavy atom. The van der Waals surface area contributed by atoms with Crippen LogP contribution < -0.4 is 5.32 Å². The smallest absolute Gasteiger partial charge is 0.222 e. The Hall–Kier alpha value is -2.71. The van der Waals surface area contributed by atoms with Crippen molar-refractivity contribution in [3.05, 3.63) is 62.5 Å². The van der Waals surface area contributed by atoms with E-state index in [0.29, 0.717) is 83.5 Å². The number of thiophene rings is 1. The van der Waals surface area contributed by atoms with Gasteiger partial charge in [0, 0.05) is 34.2 Å². The number of aliphatic imine (C=N–C) groups is 1. The molecule has 0 bridgehead atoms. The molecule has 44 heavy (non-hydrogen) atoms. The fourth-order valence-corrected chi connectivity index (χ4v) is 6.01. The molecule has 1 aliphatic heterocycles. The highest BCUT2D eigenvalue weighted by Gasteiger charge is 2.32. The summed E-state index contributed by atoms with van der Waals surface area (Å²) in [6, 6.07) is 7.12. The van der Waals surface area contributed by atoms with Gasteiger partial charge in [-0.05, 0) is 45.4 Å². The van der Waals surface area contributed by atoms with Crippen LogP contribution >= 0.6 is 22.9 Å². The van der Waals surface area contributed by atoms with Crippen molar-refractivity contribution in [1.82, 2.24) is 20.1 Å². The van der Waals surface area contributed by atoms with Gasteiger partial charge in [-0.1, -0.05) is 23.7 Å². The van der Waals surface area contributed by atoms with Crippen LogP contribution in [0.1, 0.15) is 52.6 Å². The Kier molecular flexibility index (Phi) is 13.7. The molecule has 1 aromatic carbocycles. The number of aromatic nitrogens is 3. The maximum Gasteiger partial charge on any atom is 0.222 e. The second-order valence-electron chi connectivity index (χ2n) is 10.1. The van der Waals surface area contributed by atoms with E-state index in [1.165, 1.54) is 4.88 Å². The van der Waals surface area contributed by atoms with E-state index in [-0.39, 0.29) is 12.3 Å². The van der Waals surface area contributed by atoms with Gasteiger partial charge in [-0.25, -0.2) is 0 Å². The van der Waals surface area contributed by atoms with E-state index in [2.05, 4.69) is 29.4 Å². The van der Waals surface area contributed by atoms with E-state index in [1.54, 1.807) is 11.3 Å². The van der Waals surface area contributed by atoms with Crippen LogP contribution in [-0.2, 0) is 28.5 Å². The van der Waals surface area contributed by atoms with Crippen LogP contribution in [0.15, 0.2) is 29.3 Å². The number of fused-ring (bicyclic) bond motifs is 3. The molecule has 0 fully saturated rings. The van der Waals surface area contributed by atoms with E-state index in [0.717, 1.165) is 33.2 Å². The molecule has 1 N–H and O–H groups in total. The van der Waals surface area contributed by atoms with Crippen molar-refractivity contribution < 1.29 is 28.5 Å². The predicted octanol–water partition coefficient (Wildman–Crippen LogP) is 4.41. The molecular weight excluding hydrogens is 606 g/mol. The van der Waals surface area contributed by atoms with Crippen molar-refractivity contribution in [2.45, 2.75) is 40.2 Å². The van der Waals surface area contributed by atoms with Crippen LogP contribution in [-0.4, -0.2) is 99.0 Å². The first kappa shape index (κ1) is 34.2. The lowest BCUT2D eigenvalue weighted by molar-refractivity contribution is -0.121. The first-order valence-corrected chi connectivity index (χ1v) is 16.1. The Morgan fingerprint density at radius 3 is 2.09 bits per heavy atom. The summed E-state index contributed by atoms with van der Waals surface area (Å²) in [6.45, 7) is 13.6. The van der Waals surface area contributed by atoms with Gasteiger partial charge in [-0.2, -0.15) is 0 Å². The van der Waals surface area contributed by atoms with Crippen molar-refractivity contribution in [3.63, 3.8) is 0 Å². The highest BCUT2D eigenvalue weighted by Crippen LogP contribution is 2.39. The molecule has 11 nitrogen and oxygen atoms in total. The lowest BCUT2D eigenvalue weighted by Crippen LogP contribution is -2.29. The number of ether oxygens (including phenoxy) is 5. The Balaban J connectivity index is 1.23. The fourth-order valence-electron chi connectivity index (χ4n) is 4.67. The molecule has 0 radical (unpaired) electrons. The van der Waals surface area contributed by atoms with Gasteiger partial charge >= 0.3 is 0 Å². The topological polar surface area (TPSA) is 118 Å². The molecule has 240 valence electrons. The van der Waals surface area contributed by atoms with E-state index < -0.39 is 6.04 Å². The standard InChI is InChI=1S/C31H42ClN5O6S/c1-5-39-12-13-41-16-17-43-19-18-42-15-14-40-11-10-33-27(38)20-26-30-36-35-23(4)37(30)31-28(21(2)22(3)44-31)29(34-26)24-6-8-25(32)9-7-24/h6-9,26H,5,10-20H2,1-4H3,(H,33,38)/t26-/m0/s1. The first-order chi connectivity index (χ1) is 21.4. The zero-order valence-electron chi connectivity index (χ0n) is 25.9. The van der Waals surface area contributed by atoms with Crippen molar-refractivity contribution in [2.75, 3.05) is 72.6 Å². The molecular formula is C31H42ClN5O6S. The van der Waals surface area contributed by atoms with Crippen molar-refractivity contribution in [2.24, 2.45) is 4.99 Å². The maximum absolute atomic E-state index is 13.0. The number of aryl methyl sites for hydroxylation is 2. The molecule has 0 saturated heterocycles. The van der Waals surface area contributed by atoms with Gasteiger partial charge in [0.05, 0.1) is 71.6 Å². The summed E-state index contributed by atoms with van der Waals surface area (Å²) < 4.78 is 29.2. The molecule has 0 spiro atoms. The third-order valence-corrected chi connectivity index (χ3v) is 8.44. The third-order valence-electron chi connectivity index (χ3n) is 7.00. The lowest BCUT2D eigenvalue weighted by atomic mass is 9.99. The summed E-state index contributed by atoms with van der Waals surface area (Å²) in [5, 5.41) is 13.4. The summed E-state index contributed by atoms with van der Waals surface area (Å²) in [5.41, 5.74) is 3.94. The van der Waals surface area contributed by atoms with Gasteiger partial charge in [-0.15, -0.1) is 21.5 Å². The number of halogens is 1. The van der Waals surface area contributed by atoms with Crippen molar-refractivity contribution >= 4 is 34.6 Å². The highest BCUT2D eigenvalue weighted by atomic mass is 35.5. The lowest BCUT2D eigenvalue weighted by Gasteiger charge is -2.13. The molecule has 0 saturated carbocycles. The van der Waals surface area contributed by atoms with Crippen molar-refractivity contribution in [1.29, 1.82) is 0 Å². The average Bonchev–Trinajstić information content (AvgIpc) is 3.49. The number of nitrogens with zero attached hydrogens (tertiary/aromatic N) is 4. The highest BCUT2D eigenvalue weighted by molar-refractivity contribution is 7.15. The van der Waals surface area contributed by atoms with E-state index in [4.69, 9.17) is 40.3 Å². The van der Waals surface area contributed by atoms with Gasteiger partial charge in [0.25, 0.3) is 0 Å². The third kappa shape index (κ3) is 9.40. The first-order valence-electron chi connectivity index (χ1n) is 14.9. The largest absolute Gasteiger partial charge is 0.379 e. The zero-order chi connectivity index (χ0) is 31.3. The minimum Gasteiger partial charge on any atom is -0.379 e. The second-order valence-corrected chi connectivity index (χ2v) is 11.7. The SMILES string of the molecule is CCOCCOCCOCCOCCOCCNC(=O)C[C@@H]1N=C(c2ccc(Cl)cc2)c2c(sc(C)c2C)-n2c(C)nnc21.